The number of aryl methyl sites for hydroxylation is 1. The van der Waals surface area contributed by atoms with Crippen molar-refractivity contribution in [2.24, 2.45) is 0 Å². The molecule has 0 aliphatic heterocycles. The van der Waals surface area contributed by atoms with E-state index in [-0.39, 0.29) is 12.6 Å². The maximum atomic E-state index is 12.1. The summed E-state index contributed by atoms with van der Waals surface area (Å²) in [5.41, 5.74) is 2.88. The molecule has 6 heteroatoms. The molecule has 0 fully saturated rings. The highest BCUT2D eigenvalue weighted by Crippen LogP contribution is 2.29. The fourth-order valence-electron chi connectivity index (χ4n) is 2.53. The van der Waals surface area contributed by atoms with E-state index >= 15 is 0 Å². The molecule has 0 radical (unpaired) electrons. The number of nitrogens with one attached hydrogen (secondary N) is 2. The second kappa shape index (κ2) is 5.93. The second-order valence-electron chi connectivity index (χ2n) is 5.07. The van der Waals surface area contributed by atoms with Crippen LogP contribution in [0.2, 0.25) is 0 Å². The van der Waals surface area contributed by atoms with Crippen molar-refractivity contribution in [1.29, 1.82) is 0 Å². The first-order chi connectivity index (χ1) is 10.1. The van der Waals surface area contributed by atoms with Crippen LogP contribution in [0.5, 0.6) is 0 Å². The summed E-state index contributed by atoms with van der Waals surface area (Å²) >= 11 is 0. The van der Waals surface area contributed by atoms with E-state index in [1.165, 1.54) is 0 Å². The summed E-state index contributed by atoms with van der Waals surface area (Å²) in [6.45, 7) is 0.276. The van der Waals surface area contributed by atoms with Gasteiger partial charge in [-0.25, -0.2) is 0 Å². The summed E-state index contributed by atoms with van der Waals surface area (Å²) in [4.78, 5) is 4.29. The minimum atomic E-state index is -3.55. The Bertz CT molecular complexity index is 717. The molecule has 1 heterocycles. The molecule has 5 nitrogen and oxygen atoms in total. The lowest BCUT2D eigenvalue weighted by atomic mass is 10.2. The van der Waals surface area contributed by atoms with Gasteiger partial charge in [0.15, 0.2) is 0 Å². The molecule has 21 heavy (non-hydrogen) atoms. The van der Waals surface area contributed by atoms with E-state index in [0.717, 1.165) is 29.7 Å². The Hall–Kier alpha value is -1.76. The average molecular weight is 303 g/mol. The van der Waals surface area contributed by atoms with E-state index in [1.807, 2.05) is 42.5 Å². The van der Waals surface area contributed by atoms with Crippen LogP contribution < -0.4 is 9.44 Å². The van der Waals surface area contributed by atoms with Crippen LogP contribution >= 0.6 is 0 Å². The lowest BCUT2D eigenvalue weighted by Gasteiger charge is -2.14. The van der Waals surface area contributed by atoms with Gasteiger partial charge in [-0.1, -0.05) is 36.4 Å². The van der Waals surface area contributed by atoms with Crippen LogP contribution in [0.25, 0.3) is 0 Å². The highest BCUT2D eigenvalue weighted by Gasteiger charge is 2.27. The topological polar surface area (TPSA) is 71.1 Å². The van der Waals surface area contributed by atoms with Crippen molar-refractivity contribution in [2.45, 2.75) is 25.4 Å². The van der Waals surface area contributed by atoms with E-state index in [4.69, 9.17) is 0 Å². The van der Waals surface area contributed by atoms with Gasteiger partial charge in [0, 0.05) is 12.7 Å². The lowest BCUT2D eigenvalue weighted by molar-refractivity contribution is 0.537. The fraction of sp³-hybridized carbons (Fsp3) is 0.267. The molecule has 0 saturated heterocycles. The minimum absolute atomic E-state index is 0.241. The normalized spacial score (nSPS) is 17.6. The molecule has 0 amide bonds. The largest absolute Gasteiger partial charge is 0.277 e. The van der Waals surface area contributed by atoms with Crippen molar-refractivity contribution in [3.8, 4) is 0 Å². The average Bonchev–Trinajstić information content (AvgIpc) is 2.89. The Kier molecular flexibility index (Phi) is 4.01. The van der Waals surface area contributed by atoms with Crippen molar-refractivity contribution < 1.29 is 8.42 Å². The lowest BCUT2D eigenvalue weighted by Crippen LogP contribution is -2.38. The number of fused-ring (bicyclic) bond motifs is 1. The molecule has 0 spiro atoms. The second-order valence-corrected chi connectivity index (χ2v) is 6.60. The number of benzene rings is 1. The van der Waals surface area contributed by atoms with E-state index in [9.17, 15) is 8.42 Å². The third-order valence-electron chi connectivity index (χ3n) is 3.57. The summed E-state index contributed by atoms with van der Waals surface area (Å²) in [7, 11) is -3.55. The molecule has 3 rings (SSSR count). The van der Waals surface area contributed by atoms with Gasteiger partial charge in [-0.05, 0) is 30.0 Å². The maximum absolute atomic E-state index is 12.1. The highest BCUT2D eigenvalue weighted by molar-refractivity contribution is 7.87. The first kappa shape index (κ1) is 14.2. The zero-order valence-electron chi connectivity index (χ0n) is 11.5. The fourth-order valence-corrected chi connectivity index (χ4v) is 3.57. The van der Waals surface area contributed by atoms with Gasteiger partial charge >= 0.3 is 0 Å². The van der Waals surface area contributed by atoms with Crippen molar-refractivity contribution in [1.82, 2.24) is 14.4 Å². The van der Waals surface area contributed by atoms with Crippen molar-refractivity contribution in [3.63, 3.8) is 0 Å². The van der Waals surface area contributed by atoms with E-state index in [2.05, 4.69) is 14.4 Å². The van der Waals surface area contributed by atoms with Crippen molar-refractivity contribution >= 4 is 10.2 Å². The monoisotopic (exact) mass is 303 g/mol. The van der Waals surface area contributed by atoms with Crippen LogP contribution in [0.4, 0.5) is 0 Å². The van der Waals surface area contributed by atoms with Gasteiger partial charge in [-0.3, -0.25) is 4.98 Å². The predicted molar refractivity (Wildman–Crippen MR) is 80.6 cm³/mol. The van der Waals surface area contributed by atoms with Gasteiger partial charge in [0.05, 0.1) is 11.7 Å². The molecule has 1 aliphatic carbocycles. The number of hydrogen-bond acceptors (Lipinski definition) is 3. The molecule has 0 bridgehead atoms. The molecule has 1 aromatic carbocycles. The standard InChI is InChI=1S/C15H17N3O2S/c19-21(20,17-11-12-5-2-1-3-6-12)18-14-9-8-13-7-4-10-16-15(13)14/h1-7,10,14,17-18H,8-9,11H2. The number of nitrogens with zero attached hydrogens (tertiary/aromatic N) is 1. The van der Waals surface area contributed by atoms with E-state index in [1.54, 1.807) is 6.20 Å². The Morgan fingerprint density at radius 3 is 2.76 bits per heavy atom. The first-order valence-corrected chi connectivity index (χ1v) is 8.37. The smallest absolute Gasteiger partial charge is 0.259 e. The number of hydrogen-bond donors (Lipinski definition) is 2. The van der Waals surface area contributed by atoms with Crippen LogP contribution in [0.15, 0.2) is 48.7 Å². The summed E-state index contributed by atoms with van der Waals surface area (Å²) in [6, 6.07) is 13.1. The summed E-state index contributed by atoms with van der Waals surface area (Å²) in [5.74, 6) is 0. The van der Waals surface area contributed by atoms with Crippen LogP contribution in [0, 0.1) is 0 Å². The van der Waals surface area contributed by atoms with Gasteiger partial charge in [0.2, 0.25) is 0 Å². The molecule has 1 aliphatic rings. The summed E-state index contributed by atoms with van der Waals surface area (Å²) < 4.78 is 29.5. The molecule has 1 atom stereocenters. The SMILES string of the molecule is O=S(=O)(NCc1ccccc1)NC1CCc2cccnc21. The van der Waals surface area contributed by atoms with Crippen LogP contribution in [0.1, 0.15) is 29.3 Å². The van der Waals surface area contributed by atoms with Crippen LogP contribution in [0.3, 0.4) is 0 Å². The predicted octanol–water partition coefficient (Wildman–Crippen LogP) is 1.69. The zero-order valence-corrected chi connectivity index (χ0v) is 12.3. The molecule has 1 aromatic heterocycles. The van der Waals surface area contributed by atoms with Crippen molar-refractivity contribution in [2.75, 3.05) is 0 Å². The Morgan fingerprint density at radius 2 is 1.95 bits per heavy atom. The number of rotatable bonds is 5. The van der Waals surface area contributed by atoms with Gasteiger partial charge in [0.25, 0.3) is 10.2 Å². The van der Waals surface area contributed by atoms with Gasteiger partial charge < -0.3 is 0 Å². The summed E-state index contributed by atoms with van der Waals surface area (Å²) in [5, 5.41) is 0. The Balaban J connectivity index is 1.65. The Morgan fingerprint density at radius 1 is 1.14 bits per heavy atom. The molecule has 110 valence electrons. The van der Waals surface area contributed by atoms with E-state index < -0.39 is 10.2 Å². The number of aromatic nitrogens is 1. The third kappa shape index (κ3) is 3.47. The van der Waals surface area contributed by atoms with Gasteiger partial charge in [-0.2, -0.15) is 17.9 Å². The van der Waals surface area contributed by atoms with Crippen molar-refractivity contribution in [3.05, 3.63) is 65.5 Å². The van der Waals surface area contributed by atoms with Gasteiger partial charge in [0.1, 0.15) is 0 Å². The van der Waals surface area contributed by atoms with E-state index in [0.29, 0.717) is 0 Å². The molecule has 2 aromatic rings. The molecule has 2 N–H and O–H groups in total. The zero-order chi connectivity index (χ0) is 14.7. The molecule has 0 saturated carbocycles. The van der Waals surface area contributed by atoms with Crippen LogP contribution in [-0.4, -0.2) is 13.4 Å². The molecular formula is C15H17N3O2S. The van der Waals surface area contributed by atoms with Crippen LogP contribution in [-0.2, 0) is 23.2 Å². The highest BCUT2D eigenvalue weighted by atomic mass is 32.2. The molecule has 1 unspecified atom stereocenters. The summed E-state index contributed by atoms with van der Waals surface area (Å²) in [6.07, 6.45) is 3.30. The maximum Gasteiger partial charge on any atom is 0.277 e. The first-order valence-electron chi connectivity index (χ1n) is 6.89. The minimum Gasteiger partial charge on any atom is -0.259 e. The Labute approximate surface area is 124 Å². The quantitative estimate of drug-likeness (QED) is 0.883. The number of pyridine rings is 1. The third-order valence-corrected chi connectivity index (χ3v) is 4.68. The van der Waals surface area contributed by atoms with Gasteiger partial charge in [-0.15, -0.1) is 0 Å². The molecular weight excluding hydrogens is 286 g/mol.